The molecule has 1 aliphatic rings. The third-order valence-corrected chi connectivity index (χ3v) is 4.05. The molecule has 2 amide bonds. The highest BCUT2D eigenvalue weighted by atomic mass is 19.4. The number of aliphatic hydroxyl groups excluding tert-OH is 1. The number of likely N-dealkylation sites (tertiary alicyclic amines) is 1. The Labute approximate surface area is 138 Å². The number of nitrogens with one attached hydrogen (secondary N) is 1. The summed E-state index contributed by atoms with van der Waals surface area (Å²) in [6.45, 7) is 1.00. The fourth-order valence-electron chi connectivity index (χ4n) is 2.80. The van der Waals surface area contributed by atoms with Gasteiger partial charge in [0.05, 0.1) is 12.6 Å². The third-order valence-electron chi connectivity index (χ3n) is 4.05. The average molecular weight is 346 g/mol. The van der Waals surface area contributed by atoms with E-state index in [4.69, 9.17) is 0 Å². The van der Waals surface area contributed by atoms with Crippen LogP contribution in [0.25, 0.3) is 0 Å². The number of rotatable bonds is 4. The van der Waals surface area contributed by atoms with Crippen LogP contribution in [0, 0.1) is 5.92 Å². The molecule has 2 atom stereocenters. The van der Waals surface area contributed by atoms with E-state index in [-0.39, 0.29) is 30.3 Å². The number of hydrogen-bond donors (Lipinski definition) is 2. The molecule has 5 nitrogen and oxygen atoms in total. The standard InChI is InChI=1S/C16H21F3N2O3/c1-11-4-3-7-21(14(11)9-22)15(23)20-12-5-2-6-13(8-12)24-10-16(17,18)19/h2,5-6,8,11,14,22H,3-4,7,9-10H2,1H3,(H,20,23). The van der Waals surface area contributed by atoms with Crippen LogP contribution in [0.15, 0.2) is 24.3 Å². The van der Waals surface area contributed by atoms with Crippen LogP contribution in [0.2, 0.25) is 0 Å². The van der Waals surface area contributed by atoms with Gasteiger partial charge in [0.25, 0.3) is 0 Å². The van der Waals surface area contributed by atoms with Gasteiger partial charge in [0.1, 0.15) is 5.75 Å². The molecule has 1 aromatic rings. The van der Waals surface area contributed by atoms with Crippen LogP contribution >= 0.6 is 0 Å². The van der Waals surface area contributed by atoms with E-state index < -0.39 is 12.8 Å². The maximum atomic E-state index is 12.4. The van der Waals surface area contributed by atoms with Gasteiger partial charge in [-0.2, -0.15) is 13.2 Å². The van der Waals surface area contributed by atoms with E-state index >= 15 is 0 Å². The fourth-order valence-corrected chi connectivity index (χ4v) is 2.80. The number of aliphatic hydroxyl groups is 1. The molecular formula is C16H21F3N2O3. The maximum absolute atomic E-state index is 12.4. The Hall–Kier alpha value is -1.96. The van der Waals surface area contributed by atoms with Gasteiger partial charge in [0.15, 0.2) is 6.61 Å². The normalized spacial score (nSPS) is 21.5. The van der Waals surface area contributed by atoms with E-state index in [0.29, 0.717) is 12.2 Å². The highest BCUT2D eigenvalue weighted by Gasteiger charge is 2.31. The SMILES string of the molecule is CC1CCCN(C(=O)Nc2cccc(OCC(F)(F)F)c2)C1CO. The van der Waals surface area contributed by atoms with Crippen LogP contribution in [0.4, 0.5) is 23.7 Å². The summed E-state index contributed by atoms with van der Waals surface area (Å²) in [5, 5.41) is 12.1. The molecule has 1 fully saturated rings. The zero-order chi connectivity index (χ0) is 17.7. The van der Waals surface area contributed by atoms with E-state index in [2.05, 4.69) is 10.1 Å². The number of amides is 2. The van der Waals surface area contributed by atoms with Gasteiger partial charge in [-0.25, -0.2) is 4.79 Å². The lowest BCUT2D eigenvalue weighted by Gasteiger charge is -2.38. The molecule has 0 radical (unpaired) electrons. The van der Waals surface area contributed by atoms with Crippen LogP contribution < -0.4 is 10.1 Å². The van der Waals surface area contributed by atoms with Gasteiger partial charge in [-0.3, -0.25) is 0 Å². The zero-order valence-corrected chi connectivity index (χ0v) is 13.3. The minimum atomic E-state index is -4.42. The van der Waals surface area contributed by atoms with Crippen LogP contribution in [0.3, 0.4) is 0 Å². The molecule has 0 aliphatic carbocycles. The molecule has 24 heavy (non-hydrogen) atoms. The van der Waals surface area contributed by atoms with Crippen molar-refractivity contribution in [2.24, 2.45) is 5.92 Å². The number of hydrogen-bond acceptors (Lipinski definition) is 3. The van der Waals surface area contributed by atoms with Crippen LogP contribution in [0.5, 0.6) is 5.75 Å². The van der Waals surface area contributed by atoms with Crippen molar-refractivity contribution in [3.8, 4) is 5.75 Å². The van der Waals surface area contributed by atoms with E-state index in [1.54, 1.807) is 11.0 Å². The number of carbonyl (C=O) groups is 1. The molecule has 1 heterocycles. The Bertz CT molecular complexity index is 566. The Balaban J connectivity index is 2.01. The summed E-state index contributed by atoms with van der Waals surface area (Å²) < 4.78 is 41.2. The van der Waals surface area contributed by atoms with Gasteiger partial charge in [-0.05, 0) is 30.9 Å². The number of halogens is 3. The third kappa shape index (κ3) is 5.02. The molecule has 2 unspecified atom stereocenters. The predicted molar refractivity (Wildman–Crippen MR) is 83.0 cm³/mol. The van der Waals surface area contributed by atoms with Gasteiger partial charge in [-0.1, -0.05) is 13.0 Å². The zero-order valence-electron chi connectivity index (χ0n) is 13.3. The quantitative estimate of drug-likeness (QED) is 0.880. The number of alkyl halides is 3. The second-order valence-electron chi connectivity index (χ2n) is 5.92. The van der Waals surface area contributed by atoms with Crippen molar-refractivity contribution >= 4 is 11.7 Å². The second-order valence-corrected chi connectivity index (χ2v) is 5.92. The van der Waals surface area contributed by atoms with Crippen LogP contribution in [0.1, 0.15) is 19.8 Å². The Kier molecular flexibility index (Phi) is 5.93. The fraction of sp³-hybridized carbons (Fsp3) is 0.562. The van der Waals surface area contributed by atoms with Crippen LogP contribution in [-0.4, -0.2) is 48.0 Å². The molecule has 2 N–H and O–H groups in total. The molecule has 0 aromatic heterocycles. The lowest BCUT2D eigenvalue weighted by molar-refractivity contribution is -0.153. The summed E-state index contributed by atoms with van der Waals surface area (Å²) in [4.78, 5) is 14.0. The van der Waals surface area contributed by atoms with Crippen molar-refractivity contribution < 1.29 is 27.8 Å². The Morgan fingerprint density at radius 3 is 2.88 bits per heavy atom. The monoisotopic (exact) mass is 346 g/mol. The van der Waals surface area contributed by atoms with Gasteiger partial charge >= 0.3 is 12.2 Å². The highest BCUT2D eigenvalue weighted by molar-refractivity contribution is 5.89. The van der Waals surface area contributed by atoms with E-state index in [0.717, 1.165) is 12.8 Å². The summed E-state index contributed by atoms with van der Waals surface area (Å²) in [6, 6.07) is 5.16. The number of nitrogens with zero attached hydrogens (tertiary/aromatic N) is 1. The van der Waals surface area contributed by atoms with E-state index in [9.17, 15) is 23.1 Å². The summed E-state index contributed by atoms with van der Waals surface area (Å²) >= 11 is 0. The molecule has 1 aromatic carbocycles. The number of ether oxygens (including phenoxy) is 1. The lowest BCUT2D eigenvalue weighted by atomic mass is 9.91. The smallest absolute Gasteiger partial charge is 0.422 e. The van der Waals surface area contributed by atoms with Crippen molar-refractivity contribution in [3.63, 3.8) is 0 Å². The molecule has 0 saturated carbocycles. The number of urea groups is 1. The molecule has 134 valence electrons. The maximum Gasteiger partial charge on any atom is 0.422 e. The second kappa shape index (κ2) is 7.74. The van der Waals surface area contributed by atoms with Gasteiger partial charge in [0, 0.05) is 18.3 Å². The predicted octanol–water partition coefficient (Wildman–Crippen LogP) is 3.25. The molecule has 2 rings (SSSR count). The van der Waals surface area contributed by atoms with Crippen molar-refractivity contribution in [1.82, 2.24) is 4.90 Å². The average Bonchev–Trinajstić information content (AvgIpc) is 2.52. The lowest BCUT2D eigenvalue weighted by Crippen LogP contribution is -2.51. The first-order valence-corrected chi connectivity index (χ1v) is 7.78. The van der Waals surface area contributed by atoms with E-state index in [1.165, 1.54) is 18.2 Å². The largest absolute Gasteiger partial charge is 0.484 e. The Morgan fingerprint density at radius 1 is 1.46 bits per heavy atom. The number of carbonyl (C=O) groups excluding carboxylic acids is 1. The molecule has 1 saturated heterocycles. The highest BCUT2D eigenvalue weighted by Crippen LogP contribution is 2.25. The van der Waals surface area contributed by atoms with Crippen molar-refractivity contribution in [3.05, 3.63) is 24.3 Å². The Morgan fingerprint density at radius 2 is 2.21 bits per heavy atom. The molecule has 8 heteroatoms. The van der Waals surface area contributed by atoms with E-state index in [1.807, 2.05) is 6.92 Å². The number of anilines is 1. The molecular weight excluding hydrogens is 325 g/mol. The first-order valence-electron chi connectivity index (χ1n) is 7.78. The van der Waals surface area contributed by atoms with Gasteiger partial charge in [0.2, 0.25) is 0 Å². The van der Waals surface area contributed by atoms with Crippen molar-refractivity contribution in [2.45, 2.75) is 32.0 Å². The summed E-state index contributed by atoms with van der Waals surface area (Å²) in [5.41, 5.74) is 0.342. The topological polar surface area (TPSA) is 61.8 Å². The molecule has 1 aliphatic heterocycles. The minimum absolute atomic E-state index is 0.0239. The number of benzene rings is 1. The summed E-state index contributed by atoms with van der Waals surface area (Å²) in [7, 11) is 0. The van der Waals surface area contributed by atoms with Gasteiger partial charge < -0.3 is 20.1 Å². The first kappa shape index (κ1) is 18.4. The minimum Gasteiger partial charge on any atom is -0.484 e. The van der Waals surface area contributed by atoms with Crippen molar-refractivity contribution in [2.75, 3.05) is 25.1 Å². The molecule has 0 spiro atoms. The molecule has 0 bridgehead atoms. The first-order chi connectivity index (χ1) is 11.3. The van der Waals surface area contributed by atoms with Crippen molar-refractivity contribution in [1.29, 1.82) is 0 Å². The summed E-state index contributed by atoms with van der Waals surface area (Å²) in [5.74, 6) is 0.215. The van der Waals surface area contributed by atoms with Gasteiger partial charge in [-0.15, -0.1) is 0 Å². The summed E-state index contributed by atoms with van der Waals surface area (Å²) in [6.07, 6.45) is -2.63. The van der Waals surface area contributed by atoms with Crippen LogP contribution in [-0.2, 0) is 0 Å². The number of piperidine rings is 1.